The van der Waals surface area contributed by atoms with Crippen molar-refractivity contribution in [2.45, 2.75) is 51.3 Å². The van der Waals surface area contributed by atoms with Gasteiger partial charge in [-0.25, -0.2) is 9.78 Å². The van der Waals surface area contributed by atoms with Crippen molar-refractivity contribution in [3.8, 4) is 0 Å². The SMILES string of the molecule is CC[C@H](C)[C@H](Nc1nc(C(O)c2ccccc2)ns1)C(=O)N1CCC[C@H]1C(=O)OC. The second-order valence-electron chi connectivity index (χ2n) is 7.49. The molecule has 1 aliphatic rings. The summed E-state index contributed by atoms with van der Waals surface area (Å²) >= 11 is 1.11. The average molecular weight is 433 g/mol. The van der Waals surface area contributed by atoms with Gasteiger partial charge in [0.1, 0.15) is 18.2 Å². The van der Waals surface area contributed by atoms with Crippen LogP contribution in [-0.4, -0.2) is 57.0 Å². The number of hydrogen-bond acceptors (Lipinski definition) is 8. The summed E-state index contributed by atoms with van der Waals surface area (Å²) in [6, 6.07) is 8.09. The van der Waals surface area contributed by atoms with E-state index in [2.05, 4.69) is 14.7 Å². The number of carbonyl (C=O) groups is 2. The van der Waals surface area contributed by atoms with Crippen molar-refractivity contribution in [1.82, 2.24) is 14.3 Å². The third-order valence-corrected chi connectivity index (χ3v) is 6.23. The Balaban J connectivity index is 1.77. The quantitative estimate of drug-likeness (QED) is 0.618. The standard InChI is InChI=1S/C21H28N4O4S/c1-4-13(2)16(19(27)25-12-8-11-15(25)20(28)29-3)22-21-23-18(24-30-21)17(26)14-9-6-5-7-10-14/h5-7,9-10,13,15-17,26H,4,8,11-12H2,1-3H3,(H,22,23,24)/t13-,15-,16-,17?/m0/s1. The van der Waals surface area contributed by atoms with Gasteiger partial charge in [-0.15, -0.1) is 0 Å². The third-order valence-electron chi connectivity index (χ3n) is 5.57. The first-order valence-electron chi connectivity index (χ1n) is 10.2. The van der Waals surface area contributed by atoms with Gasteiger partial charge in [-0.2, -0.15) is 4.37 Å². The van der Waals surface area contributed by atoms with Gasteiger partial charge in [-0.1, -0.05) is 50.6 Å². The molecule has 0 spiro atoms. The first kappa shape index (κ1) is 22.2. The van der Waals surface area contributed by atoms with Crippen molar-refractivity contribution in [1.29, 1.82) is 0 Å². The molecule has 4 atom stereocenters. The fourth-order valence-electron chi connectivity index (χ4n) is 3.60. The lowest BCUT2D eigenvalue weighted by molar-refractivity contribution is -0.151. The monoisotopic (exact) mass is 432 g/mol. The Morgan fingerprint density at radius 2 is 2.10 bits per heavy atom. The molecule has 2 heterocycles. The number of ether oxygens (including phenoxy) is 1. The highest BCUT2D eigenvalue weighted by Crippen LogP contribution is 2.27. The molecule has 2 N–H and O–H groups in total. The van der Waals surface area contributed by atoms with Gasteiger partial charge in [0.2, 0.25) is 11.0 Å². The second kappa shape index (κ2) is 9.99. The number of rotatable bonds is 8. The number of benzene rings is 1. The summed E-state index contributed by atoms with van der Waals surface area (Å²) in [5.41, 5.74) is 0.703. The highest BCUT2D eigenvalue weighted by atomic mass is 32.1. The molecule has 2 aromatic rings. The van der Waals surface area contributed by atoms with Crippen molar-refractivity contribution in [3.63, 3.8) is 0 Å². The predicted molar refractivity (Wildman–Crippen MR) is 114 cm³/mol. The first-order valence-corrected chi connectivity index (χ1v) is 10.9. The number of anilines is 1. The van der Waals surface area contributed by atoms with E-state index in [0.717, 1.165) is 24.4 Å². The molecule has 1 fully saturated rings. The van der Waals surface area contributed by atoms with Crippen LogP contribution < -0.4 is 5.32 Å². The van der Waals surface area contributed by atoms with Gasteiger partial charge in [0.15, 0.2) is 5.82 Å². The average Bonchev–Trinajstić information content (AvgIpc) is 3.46. The molecule has 3 rings (SSSR count). The van der Waals surface area contributed by atoms with E-state index in [1.807, 2.05) is 44.2 Å². The van der Waals surface area contributed by atoms with Gasteiger partial charge >= 0.3 is 5.97 Å². The number of carbonyl (C=O) groups excluding carboxylic acids is 2. The zero-order valence-electron chi connectivity index (χ0n) is 17.4. The highest BCUT2D eigenvalue weighted by Gasteiger charge is 2.39. The molecule has 162 valence electrons. The second-order valence-corrected chi connectivity index (χ2v) is 8.24. The zero-order chi connectivity index (χ0) is 21.7. The molecule has 9 heteroatoms. The van der Waals surface area contributed by atoms with Crippen LogP contribution >= 0.6 is 11.5 Å². The van der Waals surface area contributed by atoms with E-state index < -0.39 is 18.2 Å². The lowest BCUT2D eigenvalue weighted by atomic mass is 9.97. The van der Waals surface area contributed by atoms with E-state index in [-0.39, 0.29) is 23.6 Å². The number of nitrogens with one attached hydrogen (secondary N) is 1. The number of aliphatic hydroxyl groups is 1. The van der Waals surface area contributed by atoms with Crippen molar-refractivity contribution < 1.29 is 19.4 Å². The first-order chi connectivity index (χ1) is 14.5. The van der Waals surface area contributed by atoms with E-state index in [0.29, 0.717) is 23.7 Å². The number of aliphatic hydroxyl groups excluding tert-OH is 1. The predicted octanol–water partition coefficient (Wildman–Crippen LogP) is 2.61. The summed E-state index contributed by atoms with van der Waals surface area (Å²) in [5, 5.41) is 14.2. The van der Waals surface area contributed by atoms with Crippen LogP contribution in [-0.2, 0) is 14.3 Å². The van der Waals surface area contributed by atoms with E-state index >= 15 is 0 Å². The lowest BCUT2D eigenvalue weighted by Gasteiger charge is -2.30. The van der Waals surface area contributed by atoms with E-state index in [1.54, 1.807) is 4.90 Å². The third kappa shape index (κ3) is 4.79. The smallest absolute Gasteiger partial charge is 0.328 e. The summed E-state index contributed by atoms with van der Waals surface area (Å²) in [6.45, 7) is 4.53. The van der Waals surface area contributed by atoms with Gasteiger partial charge in [-0.05, 0) is 24.3 Å². The fraction of sp³-hybridized carbons (Fsp3) is 0.524. The van der Waals surface area contributed by atoms with Gasteiger partial charge in [0.05, 0.1) is 7.11 Å². The van der Waals surface area contributed by atoms with Crippen LogP contribution in [0.2, 0.25) is 0 Å². The number of amides is 1. The van der Waals surface area contributed by atoms with Crippen LogP contribution in [0.5, 0.6) is 0 Å². The van der Waals surface area contributed by atoms with Crippen LogP contribution in [0.1, 0.15) is 50.6 Å². The van der Waals surface area contributed by atoms with Crippen LogP contribution in [0, 0.1) is 5.92 Å². The Hall–Kier alpha value is -2.52. The summed E-state index contributed by atoms with van der Waals surface area (Å²) < 4.78 is 9.13. The summed E-state index contributed by atoms with van der Waals surface area (Å²) in [5.74, 6) is -0.217. The summed E-state index contributed by atoms with van der Waals surface area (Å²) in [6.07, 6.45) is 1.22. The zero-order valence-corrected chi connectivity index (χ0v) is 18.3. The van der Waals surface area contributed by atoms with Crippen molar-refractivity contribution in [3.05, 3.63) is 41.7 Å². The Morgan fingerprint density at radius 1 is 1.37 bits per heavy atom. The molecule has 0 bridgehead atoms. The fourth-order valence-corrected chi connectivity index (χ4v) is 4.23. The molecule has 1 aromatic heterocycles. The van der Waals surface area contributed by atoms with Crippen molar-refractivity contribution >= 4 is 28.5 Å². The van der Waals surface area contributed by atoms with Gasteiger partial charge < -0.3 is 20.1 Å². The molecular weight excluding hydrogens is 404 g/mol. The van der Waals surface area contributed by atoms with Crippen molar-refractivity contribution in [2.24, 2.45) is 5.92 Å². The normalized spacial score (nSPS) is 19.2. The number of nitrogens with zero attached hydrogens (tertiary/aromatic N) is 3. The van der Waals surface area contributed by atoms with Crippen LogP contribution in [0.25, 0.3) is 0 Å². The highest BCUT2D eigenvalue weighted by molar-refractivity contribution is 7.09. The Kier molecular flexibility index (Phi) is 7.38. The lowest BCUT2D eigenvalue weighted by Crippen LogP contribution is -2.50. The molecule has 0 saturated carbocycles. The molecule has 0 radical (unpaired) electrons. The van der Waals surface area contributed by atoms with Crippen LogP contribution in [0.4, 0.5) is 5.13 Å². The minimum atomic E-state index is -0.932. The van der Waals surface area contributed by atoms with E-state index in [9.17, 15) is 14.7 Å². The van der Waals surface area contributed by atoms with E-state index in [4.69, 9.17) is 4.74 Å². The van der Waals surface area contributed by atoms with Crippen LogP contribution in [0.15, 0.2) is 30.3 Å². The number of esters is 1. The molecule has 1 saturated heterocycles. The minimum absolute atomic E-state index is 0.0165. The number of hydrogen-bond donors (Lipinski definition) is 2. The molecule has 8 nitrogen and oxygen atoms in total. The largest absolute Gasteiger partial charge is 0.467 e. The number of likely N-dealkylation sites (tertiary alicyclic amines) is 1. The van der Waals surface area contributed by atoms with Gasteiger partial charge in [0.25, 0.3) is 0 Å². The Morgan fingerprint density at radius 3 is 2.77 bits per heavy atom. The maximum absolute atomic E-state index is 13.3. The molecule has 1 unspecified atom stereocenters. The Bertz CT molecular complexity index is 860. The van der Waals surface area contributed by atoms with Gasteiger partial charge in [0, 0.05) is 18.1 Å². The molecule has 1 amide bonds. The molecule has 1 aliphatic heterocycles. The van der Waals surface area contributed by atoms with Crippen LogP contribution in [0.3, 0.4) is 0 Å². The number of methoxy groups -OCH3 is 1. The molecule has 0 aliphatic carbocycles. The number of aromatic nitrogens is 2. The summed E-state index contributed by atoms with van der Waals surface area (Å²) in [7, 11) is 1.34. The van der Waals surface area contributed by atoms with Gasteiger partial charge in [-0.3, -0.25) is 4.79 Å². The summed E-state index contributed by atoms with van der Waals surface area (Å²) in [4.78, 5) is 31.4. The Labute approximate surface area is 180 Å². The van der Waals surface area contributed by atoms with Crippen molar-refractivity contribution in [2.75, 3.05) is 19.0 Å². The maximum atomic E-state index is 13.3. The molecular formula is C21H28N4O4S. The maximum Gasteiger partial charge on any atom is 0.328 e. The molecule has 1 aromatic carbocycles. The molecule has 30 heavy (non-hydrogen) atoms. The minimum Gasteiger partial charge on any atom is -0.467 e. The topological polar surface area (TPSA) is 105 Å². The van der Waals surface area contributed by atoms with E-state index in [1.165, 1.54) is 7.11 Å².